The molecule has 0 spiro atoms. The fourth-order valence-electron chi connectivity index (χ4n) is 4.28. The summed E-state index contributed by atoms with van der Waals surface area (Å²) in [5.74, 6) is -0.742. The topological polar surface area (TPSA) is 88.1 Å². The number of hydrogen-bond donors (Lipinski definition) is 2. The molecular weight excluding hydrogens is 475 g/mol. The molecule has 0 unspecified atom stereocenters. The van der Waals surface area contributed by atoms with Crippen LogP contribution in [-0.4, -0.2) is 43.3 Å². The predicted molar refractivity (Wildman–Crippen MR) is 141 cm³/mol. The highest BCUT2D eigenvalue weighted by Gasteiger charge is 2.30. The molecule has 194 valence electrons. The van der Waals surface area contributed by atoms with E-state index in [0.29, 0.717) is 35.6 Å². The number of para-hydroxylation sites is 2. The van der Waals surface area contributed by atoms with E-state index in [1.807, 2.05) is 38.2 Å². The molecule has 4 rings (SSSR count). The Morgan fingerprint density at radius 3 is 2.59 bits per heavy atom. The molecule has 0 fully saturated rings. The maximum atomic E-state index is 14.5. The second-order valence-electron chi connectivity index (χ2n) is 9.91. The molecule has 0 saturated heterocycles. The summed E-state index contributed by atoms with van der Waals surface area (Å²) in [5, 5.41) is 12.1. The summed E-state index contributed by atoms with van der Waals surface area (Å²) < 4.78 is 26.6. The van der Waals surface area contributed by atoms with E-state index in [2.05, 4.69) is 10.2 Å². The number of nitrogens with zero attached hydrogens (tertiary/aromatic N) is 1. The number of aryl methyl sites for hydroxylation is 2. The number of aliphatic carboxylic acids is 1. The van der Waals surface area contributed by atoms with Crippen LogP contribution in [0.4, 0.5) is 15.8 Å². The first-order chi connectivity index (χ1) is 17.5. The van der Waals surface area contributed by atoms with Crippen molar-refractivity contribution in [2.75, 3.05) is 30.4 Å². The Hall–Kier alpha value is -4.07. The van der Waals surface area contributed by atoms with Gasteiger partial charge in [0.2, 0.25) is 0 Å². The Labute approximate surface area is 215 Å². The number of carboxylic acid groups (broad SMARTS) is 1. The number of anilines is 2. The van der Waals surface area contributed by atoms with E-state index in [9.17, 15) is 19.1 Å². The first-order valence-electron chi connectivity index (χ1n) is 12.0. The highest BCUT2D eigenvalue weighted by Crippen LogP contribution is 2.33. The number of carbonyl (C=O) groups excluding carboxylic acids is 1. The van der Waals surface area contributed by atoms with Gasteiger partial charge in [-0.05, 0) is 80.8 Å². The molecule has 1 aliphatic rings. The van der Waals surface area contributed by atoms with E-state index < -0.39 is 23.1 Å². The molecule has 8 heteroatoms. The molecule has 0 saturated carbocycles. The molecule has 37 heavy (non-hydrogen) atoms. The summed E-state index contributed by atoms with van der Waals surface area (Å²) in [6.07, 6.45) is -0.159. The zero-order valence-corrected chi connectivity index (χ0v) is 21.6. The van der Waals surface area contributed by atoms with Crippen molar-refractivity contribution < 1.29 is 28.6 Å². The first kappa shape index (κ1) is 26.0. The Morgan fingerprint density at radius 1 is 1.14 bits per heavy atom. The lowest BCUT2D eigenvalue weighted by molar-refractivity contribution is -0.142. The van der Waals surface area contributed by atoms with Gasteiger partial charge in [0.05, 0.1) is 23.3 Å². The summed E-state index contributed by atoms with van der Waals surface area (Å²) in [6, 6.07) is 15.3. The highest BCUT2D eigenvalue weighted by molar-refractivity contribution is 6.05. The van der Waals surface area contributed by atoms with E-state index in [4.69, 9.17) is 9.47 Å². The molecule has 0 aromatic heterocycles. The molecule has 1 atom stereocenters. The molecule has 1 amide bonds. The Morgan fingerprint density at radius 2 is 1.86 bits per heavy atom. The molecular formula is C29H31FN2O5. The minimum atomic E-state index is -1.24. The summed E-state index contributed by atoms with van der Waals surface area (Å²) in [4.78, 5) is 26.8. The average molecular weight is 507 g/mol. The lowest BCUT2D eigenvalue weighted by Gasteiger charge is -2.33. The number of benzene rings is 3. The van der Waals surface area contributed by atoms with Crippen LogP contribution in [0.5, 0.6) is 11.5 Å². The largest absolute Gasteiger partial charge is 0.489 e. The van der Waals surface area contributed by atoms with E-state index in [1.165, 1.54) is 26.0 Å². The van der Waals surface area contributed by atoms with E-state index in [1.54, 1.807) is 19.1 Å². The third-order valence-corrected chi connectivity index (χ3v) is 6.71. The van der Waals surface area contributed by atoms with Gasteiger partial charge >= 0.3 is 5.97 Å². The number of halogens is 1. The molecule has 3 aromatic rings. The van der Waals surface area contributed by atoms with E-state index in [-0.39, 0.29) is 11.8 Å². The van der Waals surface area contributed by atoms with Crippen LogP contribution in [0.15, 0.2) is 54.6 Å². The quantitative estimate of drug-likeness (QED) is 0.450. The van der Waals surface area contributed by atoms with Crippen molar-refractivity contribution in [2.24, 2.45) is 0 Å². The van der Waals surface area contributed by atoms with Crippen molar-refractivity contribution in [3.8, 4) is 11.5 Å². The van der Waals surface area contributed by atoms with E-state index >= 15 is 0 Å². The minimum absolute atomic E-state index is 0.0759. The van der Waals surface area contributed by atoms with Gasteiger partial charge < -0.3 is 24.8 Å². The van der Waals surface area contributed by atoms with Gasteiger partial charge in [-0.25, -0.2) is 4.39 Å². The zero-order valence-electron chi connectivity index (χ0n) is 21.6. The highest BCUT2D eigenvalue weighted by atomic mass is 19.1. The SMILES string of the molecule is Cc1cc(C(=O)Nc2cc(C(C)(C)C(=O)O)ccc2F)c(C)cc1OC[C@@H]1CN(C)c2ccccc2O1. The molecule has 3 aromatic carbocycles. The van der Waals surface area contributed by atoms with Crippen LogP contribution in [0.3, 0.4) is 0 Å². The van der Waals surface area contributed by atoms with Gasteiger partial charge in [0.1, 0.15) is 30.0 Å². The molecule has 0 aliphatic carbocycles. The third-order valence-electron chi connectivity index (χ3n) is 6.71. The van der Waals surface area contributed by atoms with Crippen molar-refractivity contribution in [2.45, 2.75) is 39.2 Å². The van der Waals surface area contributed by atoms with Gasteiger partial charge in [-0.1, -0.05) is 18.2 Å². The fourth-order valence-corrected chi connectivity index (χ4v) is 4.28. The summed E-state index contributed by atoms with van der Waals surface area (Å²) in [5.41, 5.74) is 1.88. The summed E-state index contributed by atoms with van der Waals surface area (Å²) in [7, 11) is 2.01. The van der Waals surface area contributed by atoms with Crippen molar-refractivity contribution in [3.05, 3.63) is 82.7 Å². The molecule has 2 N–H and O–H groups in total. The first-order valence-corrected chi connectivity index (χ1v) is 12.0. The number of ether oxygens (including phenoxy) is 2. The Kier molecular flexibility index (Phi) is 7.12. The molecule has 0 radical (unpaired) electrons. The number of carboxylic acids is 1. The minimum Gasteiger partial charge on any atom is -0.489 e. The average Bonchev–Trinajstić information content (AvgIpc) is 2.85. The van der Waals surface area contributed by atoms with Crippen molar-refractivity contribution in [1.29, 1.82) is 0 Å². The lowest BCUT2D eigenvalue weighted by Crippen LogP contribution is -2.41. The standard InChI is InChI=1S/C29H31FN2O5/c1-17-13-26(36-16-20-15-32(5)24-8-6-7-9-25(24)37-20)18(2)12-21(17)27(33)31-23-14-19(10-11-22(23)30)29(3,4)28(34)35/h6-14,20H,15-16H2,1-5H3,(H,31,33)(H,34,35)/t20-/m0/s1. The second kappa shape index (κ2) is 10.1. The summed E-state index contributed by atoms with van der Waals surface area (Å²) >= 11 is 0. The van der Waals surface area contributed by atoms with E-state index in [0.717, 1.165) is 23.1 Å². The zero-order chi connectivity index (χ0) is 26.9. The molecule has 1 heterocycles. The maximum absolute atomic E-state index is 14.5. The van der Waals surface area contributed by atoms with Crippen LogP contribution in [-0.2, 0) is 10.2 Å². The van der Waals surface area contributed by atoms with Gasteiger partial charge in [-0.2, -0.15) is 0 Å². The van der Waals surface area contributed by atoms with Gasteiger partial charge in [-0.3, -0.25) is 9.59 Å². The Balaban J connectivity index is 1.47. The van der Waals surface area contributed by atoms with Gasteiger partial charge in [0.25, 0.3) is 5.91 Å². The number of rotatable bonds is 7. The van der Waals surface area contributed by atoms with Crippen LogP contribution < -0.4 is 19.7 Å². The van der Waals surface area contributed by atoms with Gasteiger partial charge in [0.15, 0.2) is 0 Å². The Bertz CT molecular complexity index is 1350. The lowest BCUT2D eigenvalue weighted by atomic mass is 9.84. The normalized spacial score (nSPS) is 15.0. The van der Waals surface area contributed by atoms with Crippen LogP contribution in [0.1, 0.15) is 40.9 Å². The second-order valence-corrected chi connectivity index (χ2v) is 9.91. The smallest absolute Gasteiger partial charge is 0.313 e. The van der Waals surface area contributed by atoms with Crippen molar-refractivity contribution in [3.63, 3.8) is 0 Å². The summed E-state index contributed by atoms with van der Waals surface area (Å²) in [6.45, 7) is 7.68. The molecule has 0 bridgehead atoms. The van der Waals surface area contributed by atoms with Gasteiger partial charge in [-0.15, -0.1) is 0 Å². The molecule has 1 aliphatic heterocycles. The van der Waals surface area contributed by atoms with Crippen LogP contribution in [0.2, 0.25) is 0 Å². The monoisotopic (exact) mass is 506 g/mol. The van der Waals surface area contributed by atoms with Crippen molar-refractivity contribution in [1.82, 2.24) is 0 Å². The maximum Gasteiger partial charge on any atom is 0.313 e. The number of fused-ring (bicyclic) bond motifs is 1. The third kappa shape index (κ3) is 5.38. The number of hydrogen-bond acceptors (Lipinski definition) is 5. The number of nitrogens with one attached hydrogen (secondary N) is 1. The van der Waals surface area contributed by atoms with Crippen LogP contribution in [0.25, 0.3) is 0 Å². The number of likely N-dealkylation sites (N-methyl/N-ethyl adjacent to an activating group) is 1. The number of carbonyl (C=O) groups is 2. The van der Waals surface area contributed by atoms with Crippen molar-refractivity contribution >= 4 is 23.3 Å². The van der Waals surface area contributed by atoms with Crippen LogP contribution >= 0.6 is 0 Å². The molecule has 7 nitrogen and oxygen atoms in total. The fraction of sp³-hybridized carbons (Fsp3) is 0.310. The van der Waals surface area contributed by atoms with Crippen LogP contribution in [0, 0.1) is 19.7 Å². The number of amides is 1. The predicted octanol–water partition coefficient (Wildman–Crippen LogP) is 5.33. The van der Waals surface area contributed by atoms with Gasteiger partial charge in [0, 0.05) is 12.6 Å².